The van der Waals surface area contributed by atoms with E-state index in [-0.39, 0.29) is 0 Å². The summed E-state index contributed by atoms with van der Waals surface area (Å²) in [6.07, 6.45) is 0. The zero-order chi connectivity index (χ0) is 9.10. The Morgan fingerprint density at radius 3 is 3.00 bits per heavy atom. The summed E-state index contributed by atoms with van der Waals surface area (Å²) in [5.74, 6) is 2.51. The van der Waals surface area contributed by atoms with Crippen LogP contribution in [0, 0.1) is 6.92 Å². The molecule has 0 atom stereocenters. The maximum absolute atomic E-state index is 4.43. The third-order valence-electron chi connectivity index (χ3n) is 2.16. The van der Waals surface area contributed by atoms with E-state index in [1.807, 2.05) is 24.8 Å². The van der Waals surface area contributed by atoms with Gasteiger partial charge in [0.25, 0.3) is 0 Å². The summed E-state index contributed by atoms with van der Waals surface area (Å²) in [5.41, 5.74) is 2.25. The Kier molecular flexibility index (Phi) is 2.86. The average molecular weight is 194 g/mol. The van der Waals surface area contributed by atoms with Gasteiger partial charge in [0, 0.05) is 29.8 Å². The Hall–Kier alpha value is -0.540. The van der Waals surface area contributed by atoms with E-state index in [1.54, 1.807) is 0 Å². The van der Waals surface area contributed by atoms with Crippen LogP contribution in [0.1, 0.15) is 11.4 Å². The molecule has 0 saturated carbocycles. The van der Waals surface area contributed by atoms with Crippen LogP contribution >= 0.6 is 11.8 Å². The van der Waals surface area contributed by atoms with Crippen molar-refractivity contribution in [3.63, 3.8) is 0 Å². The molecule has 0 spiro atoms. The van der Waals surface area contributed by atoms with Gasteiger partial charge in [-0.1, -0.05) is 6.07 Å². The van der Waals surface area contributed by atoms with Gasteiger partial charge >= 0.3 is 0 Å². The van der Waals surface area contributed by atoms with Crippen molar-refractivity contribution in [3.8, 4) is 0 Å². The summed E-state index contributed by atoms with van der Waals surface area (Å²) < 4.78 is 0. The van der Waals surface area contributed by atoms with Crippen LogP contribution in [0.4, 0.5) is 0 Å². The van der Waals surface area contributed by atoms with Crippen LogP contribution in [0.5, 0.6) is 0 Å². The summed E-state index contributed by atoms with van der Waals surface area (Å²) >= 11 is 2.00. The average Bonchev–Trinajstić information content (AvgIpc) is 2.01. The van der Waals surface area contributed by atoms with E-state index in [9.17, 15) is 0 Å². The van der Waals surface area contributed by atoms with Crippen molar-refractivity contribution in [2.24, 2.45) is 0 Å². The molecule has 1 fully saturated rings. The summed E-state index contributed by atoms with van der Waals surface area (Å²) in [5, 5.41) is 3.48. The fourth-order valence-electron chi connectivity index (χ4n) is 1.30. The van der Waals surface area contributed by atoms with Crippen LogP contribution in [0.15, 0.2) is 18.2 Å². The minimum atomic E-state index is 0.715. The second kappa shape index (κ2) is 4.11. The molecular weight excluding hydrogens is 180 g/mol. The molecule has 13 heavy (non-hydrogen) atoms. The molecule has 1 aromatic rings. The number of aromatic nitrogens is 1. The molecule has 0 aliphatic carbocycles. The van der Waals surface area contributed by atoms with Gasteiger partial charge in [-0.3, -0.25) is 4.98 Å². The van der Waals surface area contributed by atoms with Crippen molar-refractivity contribution >= 4 is 11.8 Å². The fraction of sp³-hybridized carbons (Fsp3) is 0.500. The number of pyridine rings is 1. The van der Waals surface area contributed by atoms with E-state index in [4.69, 9.17) is 0 Å². The largest absolute Gasteiger partial charge is 0.307 e. The highest BCUT2D eigenvalue weighted by Crippen LogP contribution is 2.17. The molecule has 1 saturated heterocycles. The van der Waals surface area contributed by atoms with E-state index < -0.39 is 0 Å². The summed E-state index contributed by atoms with van der Waals surface area (Å²) in [4.78, 5) is 4.43. The second-order valence-corrected chi connectivity index (χ2v) is 4.46. The van der Waals surface area contributed by atoms with Gasteiger partial charge in [0.2, 0.25) is 0 Å². The standard InChI is InChI=1S/C10H14N2S/c1-8-3-2-4-9(12-8)5-11-10-6-13-7-10/h2-4,10-11H,5-7H2,1H3. The van der Waals surface area contributed by atoms with Crippen LogP contribution in [0.3, 0.4) is 0 Å². The van der Waals surface area contributed by atoms with Gasteiger partial charge in [0.15, 0.2) is 0 Å². The first-order valence-electron chi connectivity index (χ1n) is 4.58. The monoisotopic (exact) mass is 194 g/mol. The Balaban J connectivity index is 1.86. The van der Waals surface area contributed by atoms with Gasteiger partial charge in [-0.25, -0.2) is 0 Å². The van der Waals surface area contributed by atoms with Crippen LogP contribution in [-0.4, -0.2) is 22.5 Å². The molecule has 0 bridgehead atoms. The summed E-state index contributed by atoms with van der Waals surface area (Å²) in [7, 11) is 0. The van der Waals surface area contributed by atoms with Gasteiger partial charge in [-0.2, -0.15) is 11.8 Å². The molecule has 3 heteroatoms. The number of hydrogen-bond acceptors (Lipinski definition) is 3. The highest BCUT2D eigenvalue weighted by Gasteiger charge is 2.16. The second-order valence-electron chi connectivity index (χ2n) is 3.39. The van der Waals surface area contributed by atoms with Crippen LogP contribution in [-0.2, 0) is 6.54 Å². The van der Waals surface area contributed by atoms with E-state index in [1.165, 1.54) is 11.5 Å². The number of nitrogens with zero attached hydrogens (tertiary/aromatic N) is 1. The Morgan fingerprint density at radius 2 is 2.38 bits per heavy atom. The zero-order valence-electron chi connectivity index (χ0n) is 7.79. The van der Waals surface area contributed by atoms with Crippen molar-refractivity contribution in [3.05, 3.63) is 29.6 Å². The molecule has 2 nitrogen and oxygen atoms in total. The maximum Gasteiger partial charge on any atom is 0.0544 e. The lowest BCUT2D eigenvalue weighted by molar-refractivity contribution is 0.575. The highest BCUT2D eigenvalue weighted by atomic mass is 32.2. The van der Waals surface area contributed by atoms with Crippen LogP contribution < -0.4 is 5.32 Å². The first-order chi connectivity index (χ1) is 6.34. The molecule has 0 aromatic carbocycles. The molecule has 2 heterocycles. The molecular formula is C10H14N2S. The van der Waals surface area contributed by atoms with Crippen molar-refractivity contribution in [2.45, 2.75) is 19.5 Å². The molecule has 1 N–H and O–H groups in total. The van der Waals surface area contributed by atoms with E-state index >= 15 is 0 Å². The van der Waals surface area contributed by atoms with Crippen molar-refractivity contribution in [1.29, 1.82) is 0 Å². The lowest BCUT2D eigenvalue weighted by Gasteiger charge is -2.25. The van der Waals surface area contributed by atoms with E-state index in [2.05, 4.69) is 22.4 Å². The highest BCUT2D eigenvalue weighted by molar-refractivity contribution is 8.00. The first kappa shape index (κ1) is 9.03. The quantitative estimate of drug-likeness (QED) is 0.791. The third-order valence-corrected chi connectivity index (χ3v) is 3.43. The lowest BCUT2D eigenvalue weighted by Crippen LogP contribution is -2.39. The Labute approximate surface area is 83.1 Å². The lowest BCUT2D eigenvalue weighted by atomic mass is 10.3. The molecule has 0 unspecified atom stereocenters. The molecule has 1 aliphatic rings. The number of thioether (sulfide) groups is 1. The number of hydrogen-bond donors (Lipinski definition) is 1. The number of nitrogens with one attached hydrogen (secondary N) is 1. The van der Waals surface area contributed by atoms with Gasteiger partial charge < -0.3 is 5.32 Å². The summed E-state index contributed by atoms with van der Waals surface area (Å²) in [6, 6.07) is 6.89. The van der Waals surface area contributed by atoms with Crippen LogP contribution in [0.2, 0.25) is 0 Å². The minimum absolute atomic E-state index is 0.715. The van der Waals surface area contributed by atoms with Crippen molar-refractivity contribution in [1.82, 2.24) is 10.3 Å². The smallest absolute Gasteiger partial charge is 0.0544 e. The molecule has 2 rings (SSSR count). The first-order valence-corrected chi connectivity index (χ1v) is 5.74. The summed E-state index contributed by atoms with van der Waals surface area (Å²) in [6.45, 7) is 2.94. The van der Waals surface area contributed by atoms with E-state index in [0.29, 0.717) is 6.04 Å². The molecule has 70 valence electrons. The van der Waals surface area contributed by atoms with Crippen molar-refractivity contribution < 1.29 is 0 Å². The van der Waals surface area contributed by atoms with Crippen LogP contribution in [0.25, 0.3) is 0 Å². The number of rotatable bonds is 3. The molecule has 1 aromatic heterocycles. The van der Waals surface area contributed by atoms with Crippen molar-refractivity contribution in [2.75, 3.05) is 11.5 Å². The molecule has 0 amide bonds. The third kappa shape index (κ3) is 2.45. The van der Waals surface area contributed by atoms with Gasteiger partial charge in [0.1, 0.15) is 0 Å². The minimum Gasteiger partial charge on any atom is -0.307 e. The van der Waals surface area contributed by atoms with Gasteiger partial charge in [-0.15, -0.1) is 0 Å². The molecule has 0 radical (unpaired) electrons. The maximum atomic E-state index is 4.43. The fourth-order valence-corrected chi connectivity index (χ4v) is 2.01. The predicted octanol–water partition coefficient (Wildman–Crippen LogP) is 1.60. The van der Waals surface area contributed by atoms with Gasteiger partial charge in [-0.05, 0) is 19.1 Å². The Morgan fingerprint density at radius 1 is 1.54 bits per heavy atom. The topological polar surface area (TPSA) is 24.9 Å². The Bertz CT molecular complexity index is 284. The zero-order valence-corrected chi connectivity index (χ0v) is 8.60. The predicted molar refractivity (Wildman–Crippen MR) is 56.9 cm³/mol. The van der Waals surface area contributed by atoms with E-state index in [0.717, 1.165) is 17.9 Å². The normalized spacial score (nSPS) is 17.0. The number of aryl methyl sites for hydroxylation is 1. The molecule has 1 aliphatic heterocycles. The van der Waals surface area contributed by atoms with Gasteiger partial charge in [0.05, 0.1) is 5.69 Å². The SMILES string of the molecule is Cc1cccc(CNC2CSC2)n1.